The number of primary amides is 1. The van der Waals surface area contributed by atoms with Crippen LogP contribution in [0.15, 0.2) is 0 Å². The highest BCUT2D eigenvalue weighted by Crippen LogP contribution is 2.65. The molecule has 3 saturated carbocycles. The summed E-state index contributed by atoms with van der Waals surface area (Å²) in [7, 11) is 0. The minimum atomic E-state index is -1.10. The summed E-state index contributed by atoms with van der Waals surface area (Å²) in [5, 5.41) is 8.61. The van der Waals surface area contributed by atoms with Crippen LogP contribution in [0.1, 0.15) is 99.8 Å². The fourth-order valence-electron chi connectivity index (χ4n) is 7.73. The van der Waals surface area contributed by atoms with Gasteiger partial charge in [-0.2, -0.15) is 0 Å². The van der Waals surface area contributed by atoms with E-state index < -0.39 is 65.3 Å². The SMILES string of the molecule is CC(C)OC(=O)OC[C@@H](NC(=O)N[C@H](C(=O)N1C[C@H]2[C@@H]([C@H]1C(=O)NC(CC1CCC1)C(=O)C(N)=O)C2(C)C)C(C)(C)C)C1CCCC1. The molecule has 5 N–H and O–H groups in total. The van der Waals surface area contributed by atoms with Crippen LogP contribution in [0.25, 0.3) is 0 Å². The molecule has 3 aliphatic carbocycles. The second-order valence-electron chi connectivity index (χ2n) is 16.0. The molecule has 1 heterocycles. The lowest BCUT2D eigenvalue weighted by Gasteiger charge is -2.38. The number of nitrogens with two attached hydrogens (primary N) is 1. The number of hydrogen-bond acceptors (Lipinski definition) is 8. The minimum absolute atomic E-state index is 0.0589. The van der Waals surface area contributed by atoms with Gasteiger partial charge >= 0.3 is 12.2 Å². The second kappa shape index (κ2) is 14.4. The molecule has 0 aromatic carbocycles. The molecule has 4 fully saturated rings. The smallest absolute Gasteiger partial charge is 0.432 e. The number of Topliss-reactive ketones (excluding diaryl/α,β-unsaturated/α-hetero) is 1. The number of ether oxygens (including phenoxy) is 2. The molecule has 1 aliphatic heterocycles. The standard InChI is InChI=1S/C34H55N5O8/c1-18(2)47-32(45)46-17-23(20-13-8-9-14-20)37-31(44)38-27(33(3,4)5)30(43)39-16-21-24(34(21,6)7)25(39)29(42)36-22(26(40)28(35)41)15-19-11-10-12-19/h18-25,27H,8-17H2,1-7H3,(H2,35,41)(H,36,42)(H2,37,38,44)/t21-,22?,23+,24-,25-,27+/m0/s1. The Kier molecular flexibility index (Phi) is 11.2. The maximum absolute atomic E-state index is 14.3. The molecule has 5 amide bonds. The van der Waals surface area contributed by atoms with Crippen LogP contribution >= 0.6 is 0 Å². The monoisotopic (exact) mass is 661 g/mol. The Morgan fingerprint density at radius 2 is 1.57 bits per heavy atom. The number of nitrogens with one attached hydrogen (secondary N) is 3. The summed E-state index contributed by atoms with van der Waals surface area (Å²) < 4.78 is 10.4. The van der Waals surface area contributed by atoms with Crippen molar-refractivity contribution in [2.24, 2.45) is 40.2 Å². The largest absolute Gasteiger partial charge is 0.508 e. The van der Waals surface area contributed by atoms with Crippen LogP contribution in [0, 0.1) is 34.5 Å². The molecule has 0 bridgehead atoms. The molecule has 1 unspecified atom stereocenters. The van der Waals surface area contributed by atoms with Crippen molar-refractivity contribution in [1.29, 1.82) is 0 Å². The van der Waals surface area contributed by atoms with Gasteiger partial charge < -0.3 is 36.1 Å². The molecule has 47 heavy (non-hydrogen) atoms. The lowest BCUT2D eigenvalue weighted by atomic mass is 9.80. The zero-order valence-electron chi connectivity index (χ0n) is 29.1. The number of ketones is 1. The third-order valence-corrected chi connectivity index (χ3v) is 10.8. The Bertz CT molecular complexity index is 1220. The Labute approximate surface area is 278 Å². The Morgan fingerprint density at radius 3 is 2.11 bits per heavy atom. The summed E-state index contributed by atoms with van der Waals surface area (Å²) in [5.41, 5.74) is 4.41. The van der Waals surface area contributed by atoms with Crippen molar-refractivity contribution in [2.75, 3.05) is 13.2 Å². The average Bonchev–Trinajstić information content (AvgIpc) is 3.39. The van der Waals surface area contributed by atoms with Crippen LogP contribution in [-0.2, 0) is 28.7 Å². The lowest BCUT2D eigenvalue weighted by molar-refractivity contribution is -0.145. The molecule has 6 atom stereocenters. The first kappa shape index (κ1) is 36.5. The first-order valence-corrected chi connectivity index (χ1v) is 17.3. The van der Waals surface area contributed by atoms with Gasteiger partial charge in [0.1, 0.15) is 18.7 Å². The number of nitrogens with zero attached hydrogens (tertiary/aromatic N) is 1. The van der Waals surface area contributed by atoms with Gasteiger partial charge in [-0.05, 0) is 67.6 Å². The lowest BCUT2D eigenvalue weighted by Crippen LogP contribution is -2.62. The van der Waals surface area contributed by atoms with E-state index in [0.29, 0.717) is 13.0 Å². The van der Waals surface area contributed by atoms with Crippen molar-refractivity contribution in [2.45, 2.75) is 130 Å². The quantitative estimate of drug-likeness (QED) is 0.171. The van der Waals surface area contributed by atoms with E-state index in [2.05, 4.69) is 29.8 Å². The summed E-state index contributed by atoms with van der Waals surface area (Å²) in [6, 6.07) is -3.95. The van der Waals surface area contributed by atoms with Crippen LogP contribution in [0.4, 0.5) is 9.59 Å². The molecule has 13 nitrogen and oxygen atoms in total. The summed E-state index contributed by atoms with van der Waals surface area (Å²) in [6.45, 7) is 13.3. The van der Waals surface area contributed by atoms with Gasteiger partial charge in [0, 0.05) is 6.54 Å². The zero-order chi connectivity index (χ0) is 34.8. The van der Waals surface area contributed by atoms with Crippen LogP contribution in [0.5, 0.6) is 0 Å². The number of carbonyl (C=O) groups excluding carboxylic acids is 6. The number of rotatable bonds is 13. The highest BCUT2D eigenvalue weighted by molar-refractivity contribution is 6.37. The van der Waals surface area contributed by atoms with E-state index in [1.807, 2.05) is 20.8 Å². The van der Waals surface area contributed by atoms with Crippen molar-refractivity contribution < 1.29 is 38.2 Å². The summed E-state index contributed by atoms with van der Waals surface area (Å²) >= 11 is 0. The van der Waals surface area contributed by atoms with E-state index in [4.69, 9.17) is 15.2 Å². The van der Waals surface area contributed by atoms with E-state index >= 15 is 0 Å². The molecule has 4 aliphatic rings. The van der Waals surface area contributed by atoms with E-state index in [1.54, 1.807) is 13.8 Å². The number of hydrogen-bond donors (Lipinski definition) is 4. The number of likely N-dealkylation sites (tertiary alicyclic amines) is 1. The molecule has 264 valence electrons. The van der Waals surface area contributed by atoms with E-state index in [9.17, 15) is 28.8 Å². The van der Waals surface area contributed by atoms with Gasteiger partial charge in [0.25, 0.3) is 5.91 Å². The Balaban J connectivity index is 1.49. The Morgan fingerprint density at radius 1 is 0.936 bits per heavy atom. The normalized spacial score (nSPS) is 25.5. The maximum Gasteiger partial charge on any atom is 0.508 e. The van der Waals surface area contributed by atoms with E-state index in [-0.39, 0.29) is 41.8 Å². The van der Waals surface area contributed by atoms with Crippen LogP contribution in [-0.4, -0.2) is 84.0 Å². The van der Waals surface area contributed by atoms with Crippen molar-refractivity contribution in [3.8, 4) is 0 Å². The highest BCUT2D eigenvalue weighted by Gasteiger charge is 2.70. The van der Waals surface area contributed by atoms with Gasteiger partial charge in [0.05, 0.1) is 18.2 Å². The highest BCUT2D eigenvalue weighted by atomic mass is 16.7. The molecule has 0 spiro atoms. The first-order valence-electron chi connectivity index (χ1n) is 17.3. The summed E-state index contributed by atoms with van der Waals surface area (Å²) in [6.07, 6.45) is 5.82. The van der Waals surface area contributed by atoms with Crippen LogP contribution in [0.2, 0.25) is 0 Å². The third kappa shape index (κ3) is 8.56. The second-order valence-corrected chi connectivity index (χ2v) is 16.0. The number of piperidine rings is 1. The first-order chi connectivity index (χ1) is 21.9. The fraction of sp³-hybridized carbons (Fsp3) is 0.824. The number of amides is 5. The number of carbonyl (C=O) groups is 6. The predicted octanol–water partition coefficient (Wildman–Crippen LogP) is 3.03. The van der Waals surface area contributed by atoms with Crippen molar-refractivity contribution in [1.82, 2.24) is 20.9 Å². The van der Waals surface area contributed by atoms with Gasteiger partial charge in [0.2, 0.25) is 17.6 Å². The molecule has 4 rings (SSSR count). The van der Waals surface area contributed by atoms with Gasteiger partial charge in [0.15, 0.2) is 0 Å². The van der Waals surface area contributed by atoms with Crippen LogP contribution < -0.4 is 21.7 Å². The van der Waals surface area contributed by atoms with Crippen molar-refractivity contribution in [3.63, 3.8) is 0 Å². The maximum atomic E-state index is 14.3. The molecule has 0 radical (unpaired) electrons. The predicted molar refractivity (Wildman–Crippen MR) is 173 cm³/mol. The van der Waals surface area contributed by atoms with Gasteiger partial charge in [-0.3, -0.25) is 19.2 Å². The van der Waals surface area contributed by atoms with Gasteiger partial charge in [-0.15, -0.1) is 0 Å². The van der Waals surface area contributed by atoms with Crippen molar-refractivity contribution >= 4 is 35.7 Å². The zero-order valence-corrected chi connectivity index (χ0v) is 29.1. The molecule has 13 heteroatoms. The van der Waals surface area contributed by atoms with E-state index in [0.717, 1.165) is 44.9 Å². The topological polar surface area (TPSA) is 186 Å². The van der Waals surface area contributed by atoms with E-state index in [1.165, 1.54) is 4.90 Å². The summed E-state index contributed by atoms with van der Waals surface area (Å²) in [5.74, 6) is -2.56. The van der Waals surface area contributed by atoms with Crippen LogP contribution in [0.3, 0.4) is 0 Å². The minimum Gasteiger partial charge on any atom is -0.432 e. The molecule has 1 saturated heterocycles. The summed E-state index contributed by atoms with van der Waals surface area (Å²) in [4.78, 5) is 79.9. The Hall–Kier alpha value is -3.38. The average molecular weight is 662 g/mol. The van der Waals surface area contributed by atoms with Crippen molar-refractivity contribution in [3.05, 3.63) is 0 Å². The number of fused-ring (bicyclic) bond motifs is 1. The molecular formula is C34H55N5O8. The molecule has 0 aromatic heterocycles. The fourth-order valence-corrected chi connectivity index (χ4v) is 7.73. The molecular weight excluding hydrogens is 606 g/mol. The number of urea groups is 1. The molecule has 0 aromatic rings. The van der Waals surface area contributed by atoms with Gasteiger partial charge in [-0.25, -0.2) is 9.59 Å². The van der Waals surface area contributed by atoms with Gasteiger partial charge in [-0.1, -0.05) is 66.7 Å². The third-order valence-electron chi connectivity index (χ3n) is 10.8.